The summed E-state index contributed by atoms with van der Waals surface area (Å²) in [6.45, 7) is 2.85. The van der Waals surface area contributed by atoms with Gasteiger partial charge in [0.25, 0.3) is 0 Å². The van der Waals surface area contributed by atoms with Crippen molar-refractivity contribution >= 4 is 0 Å². The molecule has 0 saturated carbocycles. The van der Waals surface area contributed by atoms with Crippen molar-refractivity contribution in [3.05, 3.63) is 29.8 Å². The maximum Gasteiger partial charge on any atom is 0.129 e. The van der Waals surface area contributed by atoms with Gasteiger partial charge in [0.15, 0.2) is 0 Å². The second kappa shape index (κ2) is 8.83. The lowest BCUT2D eigenvalue weighted by molar-refractivity contribution is 0.199. The van der Waals surface area contributed by atoms with Gasteiger partial charge in [0, 0.05) is 31.9 Å². The number of ether oxygens (including phenoxy) is 2. The van der Waals surface area contributed by atoms with Crippen molar-refractivity contribution in [3.63, 3.8) is 0 Å². The Hall–Kier alpha value is -1.20. The molecule has 0 radical (unpaired) electrons. The molecule has 0 atom stereocenters. The molecule has 1 N–H and O–H groups in total. The molecule has 0 bridgehead atoms. The van der Waals surface area contributed by atoms with Crippen molar-refractivity contribution in [2.45, 2.75) is 12.8 Å². The molecule has 3 nitrogen and oxygen atoms in total. The number of nitrogens with one attached hydrogen (secondary N) is 1. The molecular formula is C13H19F2NO2. The van der Waals surface area contributed by atoms with Crippen LogP contribution in [0.3, 0.4) is 0 Å². The first-order valence-electron chi connectivity index (χ1n) is 6.01. The first-order chi connectivity index (χ1) is 8.72. The molecule has 0 heterocycles. The van der Waals surface area contributed by atoms with Crippen LogP contribution >= 0.6 is 0 Å². The van der Waals surface area contributed by atoms with Crippen molar-refractivity contribution in [1.29, 1.82) is 0 Å². The fourth-order valence-corrected chi connectivity index (χ4v) is 1.45. The smallest absolute Gasteiger partial charge is 0.129 e. The van der Waals surface area contributed by atoms with E-state index in [9.17, 15) is 8.78 Å². The number of rotatable bonds is 9. The molecular weight excluding hydrogens is 240 g/mol. The van der Waals surface area contributed by atoms with Crippen LogP contribution in [0.4, 0.5) is 8.78 Å². The summed E-state index contributed by atoms with van der Waals surface area (Å²) in [5.41, 5.74) is 0. The Bertz CT molecular complexity index is 328. The van der Waals surface area contributed by atoms with E-state index in [2.05, 4.69) is 5.32 Å². The summed E-state index contributed by atoms with van der Waals surface area (Å²) in [7, 11) is 1.66. The quantitative estimate of drug-likeness (QED) is 0.691. The van der Waals surface area contributed by atoms with Gasteiger partial charge in [0.1, 0.15) is 17.4 Å². The third-order valence-corrected chi connectivity index (χ3v) is 2.34. The highest BCUT2D eigenvalue weighted by atomic mass is 19.1. The molecule has 0 saturated heterocycles. The van der Waals surface area contributed by atoms with Crippen LogP contribution < -0.4 is 10.1 Å². The van der Waals surface area contributed by atoms with Crippen LogP contribution in [0.15, 0.2) is 18.2 Å². The maximum absolute atomic E-state index is 12.8. The fourth-order valence-electron chi connectivity index (χ4n) is 1.45. The highest BCUT2D eigenvalue weighted by Crippen LogP contribution is 2.15. The van der Waals surface area contributed by atoms with E-state index in [1.165, 1.54) is 12.1 Å². The Balaban J connectivity index is 2.07. The lowest BCUT2D eigenvalue weighted by Crippen LogP contribution is -2.20. The molecule has 0 aromatic heterocycles. The summed E-state index contributed by atoms with van der Waals surface area (Å²) >= 11 is 0. The summed E-state index contributed by atoms with van der Waals surface area (Å²) in [4.78, 5) is 0. The Kier molecular flexibility index (Phi) is 7.29. The Labute approximate surface area is 106 Å². The van der Waals surface area contributed by atoms with Gasteiger partial charge >= 0.3 is 0 Å². The monoisotopic (exact) mass is 259 g/mol. The topological polar surface area (TPSA) is 30.5 Å². The number of methoxy groups -OCH3 is 1. The van der Waals surface area contributed by atoms with Gasteiger partial charge in [0.05, 0.1) is 13.2 Å². The van der Waals surface area contributed by atoms with Gasteiger partial charge in [-0.2, -0.15) is 0 Å². The van der Waals surface area contributed by atoms with Crippen molar-refractivity contribution < 1.29 is 18.3 Å². The Morgan fingerprint density at radius 3 is 2.39 bits per heavy atom. The van der Waals surface area contributed by atoms with Crippen molar-refractivity contribution in [1.82, 2.24) is 5.32 Å². The van der Waals surface area contributed by atoms with E-state index < -0.39 is 11.6 Å². The molecule has 0 aliphatic heterocycles. The van der Waals surface area contributed by atoms with Gasteiger partial charge in [-0.15, -0.1) is 0 Å². The number of hydrogen-bond acceptors (Lipinski definition) is 3. The molecule has 1 aromatic rings. The molecule has 1 rings (SSSR count). The molecule has 0 aliphatic carbocycles. The number of unbranched alkanes of at least 4 members (excludes halogenated alkanes) is 1. The van der Waals surface area contributed by atoms with Crippen molar-refractivity contribution in [2.24, 2.45) is 0 Å². The van der Waals surface area contributed by atoms with Crippen molar-refractivity contribution in [2.75, 3.05) is 33.4 Å². The maximum atomic E-state index is 12.8. The predicted octanol–water partition coefficient (Wildman–Crippen LogP) is 2.36. The predicted molar refractivity (Wildman–Crippen MR) is 65.8 cm³/mol. The minimum Gasteiger partial charge on any atom is -0.493 e. The number of hydrogen-bond donors (Lipinski definition) is 1. The molecule has 102 valence electrons. The zero-order valence-corrected chi connectivity index (χ0v) is 10.5. The summed E-state index contributed by atoms with van der Waals surface area (Å²) in [6.07, 6.45) is 1.78. The average molecular weight is 259 g/mol. The minimum absolute atomic E-state index is 0.236. The van der Waals surface area contributed by atoms with E-state index in [1.54, 1.807) is 7.11 Å². The van der Waals surface area contributed by atoms with Crippen LogP contribution in [-0.2, 0) is 4.74 Å². The molecule has 18 heavy (non-hydrogen) atoms. The van der Waals surface area contributed by atoms with Crippen molar-refractivity contribution in [3.8, 4) is 5.75 Å². The summed E-state index contributed by atoms with van der Waals surface area (Å²) in [5, 5.41) is 3.20. The first-order valence-corrected chi connectivity index (χ1v) is 6.01. The van der Waals surface area contributed by atoms with Gasteiger partial charge in [0.2, 0.25) is 0 Å². The zero-order chi connectivity index (χ0) is 13.2. The van der Waals surface area contributed by atoms with E-state index in [1.807, 2.05) is 0 Å². The van der Waals surface area contributed by atoms with Gasteiger partial charge in [-0.3, -0.25) is 0 Å². The average Bonchev–Trinajstić information content (AvgIpc) is 2.31. The lowest BCUT2D eigenvalue weighted by Gasteiger charge is -2.07. The minimum atomic E-state index is -0.619. The second-order valence-electron chi connectivity index (χ2n) is 3.90. The Morgan fingerprint density at radius 1 is 1.00 bits per heavy atom. The summed E-state index contributed by atoms with van der Waals surface area (Å²) in [5.74, 6) is -1.00. The van der Waals surface area contributed by atoms with E-state index >= 15 is 0 Å². The summed E-state index contributed by atoms with van der Waals surface area (Å²) in [6, 6.07) is 3.19. The standard InChI is InChI=1S/C13H19F2NO2/c1-17-7-5-16-4-2-3-6-18-13-9-11(14)8-12(15)10-13/h8-10,16H,2-7H2,1H3. The number of benzene rings is 1. The van der Waals surface area contributed by atoms with Crippen LogP contribution in [0.25, 0.3) is 0 Å². The van der Waals surface area contributed by atoms with E-state index in [0.717, 1.165) is 32.0 Å². The molecule has 0 spiro atoms. The molecule has 5 heteroatoms. The van der Waals surface area contributed by atoms with Crippen LogP contribution in [0.5, 0.6) is 5.75 Å². The zero-order valence-electron chi connectivity index (χ0n) is 10.5. The highest BCUT2D eigenvalue weighted by Gasteiger charge is 2.01. The largest absolute Gasteiger partial charge is 0.493 e. The Morgan fingerprint density at radius 2 is 1.72 bits per heavy atom. The van der Waals surface area contributed by atoms with Gasteiger partial charge in [-0.05, 0) is 19.4 Å². The number of halogens is 2. The van der Waals surface area contributed by atoms with E-state index in [-0.39, 0.29) is 5.75 Å². The van der Waals surface area contributed by atoms with Crippen LogP contribution in [0.1, 0.15) is 12.8 Å². The van der Waals surface area contributed by atoms with Crippen LogP contribution in [-0.4, -0.2) is 33.4 Å². The third-order valence-electron chi connectivity index (χ3n) is 2.34. The second-order valence-corrected chi connectivity index (χ2v) is 3.90. The summed E-state index contributed by atoms with van der Waals surface area (Å²) < 4.78 is 35.8. The third kappa shape index (κ3) is 6.51. The lowest BCUT2D eigenvalue weighted by atomic mass is 10.3. The van der Waals surface area contributed by atoms with Gasteiger partial charge in [-0.1, -0.05) is 0 Å². The van der Waals surface area contributed by atoms with E-state index in [0.29, 0.717) is 13.2 Å². The highest BCUT2D eigenvalue weighted by molar-refractivity contribution is 5.23. The van der Waals surface area contributed by atoms with Crippen LogP contribution in [0.2, 0.25) is 0 Å². The molecule has 1 aromatic carbocycles. The fraction of sp³-hybridized carbons (Fsp3) is 0.538. The molecule has 0 aliphatic rings. The van der Waals surface area contributed by atoms with Gasteiger partial charge in [-0.25, -0.2) is 8.78 Å². The van der Waals surface area contributed by atoms with E-state index in [4.69, 9.17) is 9.47 Å². The normalized spacial score (nSPS) is 10.6. The molecule has 0 fully saturated rings. The molecule has 0 unspecified atom stereocenters. The molecule has 0 amide bonds. The first kappa shape index (κ1) is 14.9. The van der Waals surface area contributed by atoms with Crippen LogP contribution in [0, 0.1) is 11.6 Å². The van der Waals surface area contributed by atoms with Gasteiger partial charge < -0.3 is 14.8 Å². The SMILES string of the molecule is COCCNCCCCOc1cc(F)cc(F)c1.